The number of nitrogens with one attached hydrogen (secondary N) is 2. The molecule has 0 spiro atoms. The van der Waals surface area contributed by atoms with E-state index in [2.05, 4.69) is 52.2 Å². The SMILES string of the molecule is CO/N=C(/C(=O)N[C@@H]1C(=O)N2C(C(=O)O)=C(C3CCCO3)CS[C@H]12)c1csc(NC(c2ccccc2)(c2ccccc2)c2ccccc2)n1. The maximum absolute atomic E-state index is 13.7. The van der Waals surface area contributed by atoms with Gasteiger partial charge in [0.05, 0.1) is 6.10 Å². The molecule has 3 atom stereocenters. The molecule has 1 aromatic heterocycles. The van der Waals surface area contributed by atoms with Crippen molar-refractivity contribution in [2.45, 2.75) is 35.9 Å². The second-order valence-corrected chi connectivity index (χ2v) is 13.6. The summed E-state index contributed by atoms with van der Waals surface area (Å²) in [4.78, 5) is 50.4. The topological polar surface area (TPSA) is 142 Å². The third-order valence-electron chi connectivity index (χ3n) is 8.86. The van der Waals surface area contributed by atoms with Gasteiger partial charge in [0, 0.05) is 17.7 Å². The van der Waals surface area contributed by atoms with Gasteiger partial charge in [0.15, 0.2) is 10.8 Å². The number of carbonyl (C=O) groups is 3. The third-order valence-corrected chi connectivity index (χ3v) is 10.9. The standard InChI is InChI=1S/C36H33N5O6S2/c1-46-40-28(31(42)38-29-32(43)41-30(34(44)45)25(20-48-33(29)41)27-18-11-19-47-27)26-21-49-35(37-26)39-36(22-12-5-2-6-13-22,23-14-7-3-8-15-23)24-16-9-4-10-17-24/h2-10,12-17,21,27,29,33H,11,18-20H2,1H3,(H,37,39)(H,38,42)(H,44,45)/b40-28+/t27?,29-,33-/m1/s1. The van der Waals surface area contributed by atoms with E-state index in [1.54, 1.807) is 5.38 Å². The Morgan fingerprint density at radius 1 is 1.00 bits per heavy atom. The number of ether oxygens (including phenoxy) is 1. The molecule has 2 amide bonds. The van der Waals surface area contributed by atoms with Crippen molar-refractivity contribution in [3.63, 3.8) is 0 Å². The molecular weight excluding hydrogens is 663 g/mol. The Bertz CT molecular complexity index is 1810. The summed E-state index contributed by atoms with van der Waals surface area (Å²) in [6.07, 6.45) is 1.23. The summed E-state index contributed by atoms with van der Waals surface area (Å²) in [6.45, 7) is 0.559. The molecule has 250 valence electrons. The average molecular weight is 696 g/mol. The lowest BCUT2D eigenvalue weighted by Crippen LogP contribution is -2.71. The van der Waals surface area contributed by atoms with E-state index in [0.717, 1.165) is 23.1 Å². The number of aromatic nitrogens is 1. The van der Waals surface area contributed by atoms with Crippen molar-refractivity contribution in [3.8, 4) is 0 Å². The molecule has 49 heavy (non-hydrogen) atoms. The van der Waals surface area contributed by atoms with Crippen LogP contribution in [-0.2, 0) is 29.5 Å². The zero-order valence-corrected chi connectivity index (χ0v) is 28.1. The minimum absolute atomic E-state index is 0.0501. The molecule has 0 saturated carbocycles. The Morgan fingerprint density at radius 3 is 2.14 bits per heavy atom. The minimum atomic E-state index is -1.18. The zero-order valence-electron chi connectivity index (χ0n) is 26.4. The molecule has 3 aliphatic heterocycles. The second-order valence-electron chi connectivity index (χ2n) is 11.7. The quantitative estimate of drug-likeness (QED) is 0.0872. The van der Waals surface area contributed by atoms with Gasteiger partial charge in [-0.2, -0.15) is 0 Å². The van der Waals surface area contributed by atoms with Gasteiger partial charge in [0.2, 0.25) is 0 Å². The molecule has 4 heterocycles. The van der Waals surface area contributed by atoms with Gasteiger partial charge in [0.1, 0.15) is 35.5 Å². The van der Waals surface area contributed by atoms with Crippen LogP contribution in [0.4, 0.5) is 5.13 Å². The van der Waals surface area contributed by atoms with Gasteiger partial charge >= 0.3 is 5.97 Å². The summed E-state index contributed by atoms with van der Waals surface area (Å²) in [5.74, 6) is -1.97. The Labute approximate surface area is 291 Å². The van der Waals surface area contributed by atoms with Crippen molar-refractivity contribution in [1.82, 2.24) is 15.2 Å². The maximum atomic E-state index is 13.7. The molecule has 11 nitrogen and oxygen atoms in total. The molecule has 3 aliphatic rings. The molecule has 2 saturated heterocycles. The number of thiazole rings is 1. The molecule has 0 radical (unpaired) electrons. The van der Waals surface area contributed by atoms with Gasteiger partial charge in [-0.1, -0.05) is 96.2 Å². The number of carboxylic acids is 1. The van der Waals surface area contributed by atoms with E-state index in [1.165, 1.54) is 35.1 Å². The van der Waals surface area contributed by atoms with Crippen molar-refractivity contribution in [3.05, 3.63) is 130 Å². The number of hydrogen-bond acceptors (Lipinski definition) is 10. The first-order chi connectivity index (χ1) is 23.9. The zero-order chi connectivity index (χ0) is 34.0. The van der Waals surface area contributed by atoms with Crippen LogP contribution in [0.5, 0.6) is 0 Å². The van der Waals surface area contributed by atoms with Gasteiger partial charge in [-0.25, -0.2) is 9.78 Å². The fourth-order valence-corrected chi connectivity index (χ4v) is 8.79. The van der Waals surface area contributed by atoms with Gasteiger partial charge in [-0.3, -0.25) is 14.5 Å². The third kappa shape index (κ3) is 5.98. The highest BCUT2D eigenvalue weighted by molar-refractivity contribution is 8.00. The number of aliphatic carboxylic acids is 1. The fraction of sp³-hybridized carbons (Fsp3) is 0.250. The van der Waals surface area contributed by atoms with E-state index in [4.69, 9.17) is 14.6 Å². The van der Waals surface area contributed by atoms with Crippen LogP contribution in [0.25, 0.3) is 0 Å². The Morgan fingerprint density at radius 2 is 1.61 bits per heavy atom. The average Bonchev–Trinajstić information content (AvgIpc) is 3.85. The van der Waals surface area contributed by atoms with Gasteiger partial charge in [-0.05, 0) is 35.1 Å². The molecule has 3 N–H and O–H groups in total. The molecule has 0 bridgehead atoms. The number of oxime groups is 1. The van der Waals surface area contributed by atoms with Crippen LogP contribution in [0.15, 0.2) is 113 Å². The highest BCUT2D eigenvalue weighted by atomic mass is 32.2. The number of amides is 2. The van der Waals surface area contributed by atoms with Crippen molar-refractivity contribution in [1.29, 1.82) is 0 Å². The number of β-lactam (4-membered cyclic amide) rings is 1. The molecule has 3 aromatic carbocycles. The smallest absolute Gasteiger partial charge is 0.352 e. The van der Waals surface area contributed by atoms with Crippen LogP contribution < -0.4 is 10.6 Å². The molecule has 1 unspecified atom stereocenters. The van der Waals surface area contributed by atoms with Crippen molar-refractivity contribution >= 4 is 51.7 Å². The van der Waals surface area contributed by atoms with Gasteiger partial charge < -0.3 is 25.3 Å². The van der Waals surface area contributed by atoms with Crippen LogP contribution in [-0.4, -0.2) is 75.5 Å². The normalized spacial score (nSPS) is 20.8. The molecule has 7 rings (SSSR count). The lowest BCUT2D eigenvalue weighted by atomic mass is 9.77. The lowest BCUT2D eigenvalue weighted by molar-refractivity contribution is -0.150. The largest absolute Gasteiger partial charge is 0.477 e. The first-order valence-electron chi connectivity index (χ1n) is 15.8. The predicted octanol–water partition coefficient (Wildman–Crippen LogP) is 4.82. The number of rotatable bonds is 11. The first-order valence-corrected chi connectivity index (χ1v) is 17.7. The summed E-state index contributed by atoms with van der Waals surface area (Å²) in [5.41, 5.74) is 2.82. The lowest BCUT2D eigenvalue weighted by Gasteiger charge is -2.49. The molecule has 13 heteroatoms. The van der Waals surface area contributed by atoms with E-state index in [-0.39, 0.29) is 23.2 Å². The number of carbonyl (C=O) groups excluding carboxylic acids is 2. The summed E-state index contributed by atoms with van der Waals surface area (Å²) >= 11 is 2.71. The van der Waals surface area contributed by atoms with Crippen molar-refractivity contribution in [2.24, 2.45) is 5.16 Å². The summed E-state index contributed by atoms with van der Waals surface area (Å²) < 4.78 is 5.74. The van der Waals surface area contributed by atoms with Crippen LogP contribution in [0.1, 0.15) is 35.2 Å². The highest BCUT2D eigenvalue weighted by Crippen LogP contribution is 2.43. The number of benzene rings is 3. The predicted molar refractivity (Wildman–Crippen MR) is 187 cm³/mol. The number of hydrogen-bond donors (Lipinski definition) is 3. The highest BCUT2D eigenvalue weighted by Gasteiger charge is 2.55. The summed E-state index contributed by atoms with van der Waals surface area (Å²) in [5, 5.41) is 22.1. The minimum Gasteiger partial charge on any atom is -0.477 e. The molecule has 2 fully saturated rings. The van der Waals surface area contributed by atoms with Gasteiger partial charge in [-0.15, -0.1) is 23.1 Å². The number of fused-ring (bicyclic) bond motifs is 1. The van der Waals surface area contributed by atoms with Crippen LogP contribution >= 0.6 is 23.1 Å². The Kier molecular flexibility index (Phi) is 9.21. The number of nitrogens with zero attached hydrogens (tertiary/aromatic N) is 3. The second kappa shape index (κ2) is 13.9. The fourth-order valence-electron chi connectivity index (χ4n) is 6.63. The summed E-state index contributed by atoms with van der Waals surface area (Å²) in [6, 6.07) is 29.3. The number of anilines is 1. The van der Waals surface area contributed by atoms with Gasteiger partial charge in [0.25, 0.3) is 11.8 Å². The first kappa shape index (κ1) is 32.6. The van der Waals surface area contributed by atoms with Crippen LogP contribution in [0.2, 0.25) is 0 Å². The van der Waals surface area contributed by atoms with E-state index in [1.807, 2.05) is 54.6 Å². The van der Waals surface area contributed by atoms with Crippen LogP contribution in [0.3, 0.4) is 0 Å². The van der Waals surface area contributed by atoms with Crippen molar-refractivity contribution < 1.29 is 29.1 Å². The van der Waals surface area contributed by atoms with Crippen molar-refractivity contribution in [2.75, 3.05) is 24.8 Å². The van der Waals surface area contributed by atoms with E-state index >= 15 is 0 Å². The van der Waals surface area contributed by atoms with Crippen LogP contribution in [0, 0.1) is 0 Å². The molecule has 4 aromatic rings. The Hall–Kier alpha value is -4.98. The molecule has 0 aliphatic carbocycles. The maximum Gasteiger partial charge on any atom is 0.352 e. The molecular formula is C36H33N5O6S2. The van der Waals surface area contributed by atoms with E-state index < -0.39 is 34.7 Å². The Balaban J connectivity index is 1.16. The number of thioether (sulfide) groups is 1. The van der Waals surface area contributed by atoms with E-state index in [0.29, 0.717) is 29.5 Å². The summed E-state index contributed by atoms with van der Waals surface area (Å²) in [7, 11) is 1.33. The van der Waals surface area contributed by atoms with E-state index in [9.17, 15) is 19.5 Å². The monoisotopic (exact) mass is 695 g/mol. The number of carboxylic acid groups (broad SMARTS) is 1.